The fourth-order valence-corrected chi connectivity index (χ4v) is 4.10. The van der Waals surface area contributed by atoms with Gasteiger partial charge in [0, 0.05) is 18.9 Å². The average molecular weight is 533 g/mol. The third-order valence-electron chi connectivity index (χ3n) is 5.29. The largest absolute Gasteiger partial charge is 0.416 e. The molecule has 0 unspecified atom stereocenters. The summed E-state index contributed by atoms with van der Waals surface area (Å²) in [5.41, 5.74) is 1.41. The fourth-order valence-electron chi connectivity index (χ4n) is 3.49. The predicted octanol–water partition coefficient (Wildman–Crippen LogP) is 1.94. The molecule has 0 saturated carbocycles. The van der Waals surface area contributed by atoms with Crippen LogP contribution in [0.5, 0.6) is 0 Å². The minimum atomic E-state index is -4.72. The van der Waals surface area contributed by atoms with Gasteiger partial charge >= 0.3 is 11.9 Å². The van der Waals surface area contributed by atoms with E-state index in [4.69, 9.17) is 16.1 Å². The summed E-state index contributed by atoms with van der Waals surface area (Å²) in [5, 5.41) is 14.3. The zero-order valence-electron chi connectivity index (χ0n) is 19.3. The molecule has 0 amide bonds. The molecule has 4 N–H and O–H groups in total. The van der Waals surface area contributed by atoms with Crippen LogP contribution in [-0.4, -0.2) is 23.3 Å². The fraction of sp³-hybridized carbons (Fsp3) is 0.130. The highest BCUT2D eigenvalue weighted by atomic mass is 32.2. The zero-order chi connectivity index (χ0) is 27.7. The molecule has 2 aromatic carbocycles. The standard InChI is InChI=1S/C23H19F3N6O4S/c1-13-19(20(18(12-28)37(29,35)36)30-16-8-6-14(11-27)7-9-16)21(33)31(2)22(34)32(13)17-5-3-4-15(10-17)23(24,25)26/h3-10,12H,28H2,1-2H3,(H2,29,35,36). The van der Waals surface area contributed by atoms with Gasteiger partial charge in [-0.25, -0.2) is 23.3 Å². The molecule has 0 radical (unpaired) electrons. The normalized spacial score (nSPS) is 12.9. The lowest BCUT2D eigenvalue weighted by molar-refractivity contribution is -0.137. The van der Waals surface area contributed by atoms with E-state index < -0.39 is 49.2 Å². The SMILES string of the molecule is Cc1c(C(=Nc2ccc(C#N)cc2)C(=CN)S(N)(=O)=O)c(=O)n(C)c(=O)n1-c1cccc(C(F)(F)F)c1. The van der Waals surface area contributed by atoms with Crippen molar-refractivity contribution in [1.82, 2.24) is 9.13 Å². The van der Waals surface area contributed by atoms with Crippen molar-refractivity contribution in [3.8, 4) is 11.8 Å². The quantitative estimate of drug-likeness (QED) is 0.477. The number of allylic oxidation sites excluding steroid dienone is 1. The van der Waals surface area contributed by atoms with Crippen LogP contribution in [-0.2, 0) is 23.2 Å². The first kappa shape index (κ1) is 27.1. The highest BCUT2D eigenvalue weighted by Crippen LogP contribution is 2.30. The van der Waals surface area contributed by atoms with Gasteiger partial charge in [-0.15, -0.1) is 0 Å². The van der Waals surface area contributed by atoms with Crippen molar-refractivity contribution >= 4 is 21.4 Å². The first-order chi connectivity index (χ1) is 17.2. The summed E-state index contributed by atoms with van der Waals surface area (Å²) >= 11 is 0. The number of nitriles is 1. The molecule has 0 saturated heterocycles. The van der Waals surface area contributed by atoms with Gasteiger partial charge in [-0.1, -0.05) is 6.07 Å². The van der Waals surface area contributed by atoms with Gasteiger partial charge < -0.3 is 5.73 Å². The van der Waals surface area contributed by atoms with Crippen molar-refractivity contribution in [2.45, 2.75) is 13.1 Å². The maximum atomic E-state index is 13.3. The number of benzene rings is 2. The number of halogens is 3. The summed E-state index contributed by atoms with van der Waals surface area (Å²) in [5.74, 6) is 0. The number of hydrogen-bond donors (Lipinski definition) is 2. The van der Waals surface area contributed by atoms with E-state index >= 15 is 0 Å². The molecule has 1 aromatic heterocycles. The van der Waals surface area contributed by atoms with E-state index in [1.165, 1.54) is 37.3 Å². The van der Waals surface area contributed by atoms with Gasteiger partial charge in [-0.3, -0.25) is 13.9 Å². The summed E-state index contributed by atoms with van der Waals surface area (Å²) in [6.45, 7) is 1.24. The third-order valence-corrected chi connectivity index (χ3v) is 6.23. The van der Waals surface area contributed by atoms with Gasteiger partial charge in [0.1, 0.15) is 4.91 Å². The molecule has 0 aliphatic heterocycles. The summed E-state index contributed by atoms with van der Waals surface area (Å²) < 4.78 is 66.1. The second-order valence-corrected chi connectivity index (χ2v) is 9.22. The molecule has 0 fully saturated rings. The van der Waals surface area contributed by atoms with E-state index in [1.807, 2.05) is 6.07 Å². The Balaban J connectivity index is 2.47. The minimum Gasteiger partial charge on any atom is -0.403 e. The monoisotopic (exact) mass is 532 g/mol. The molecule has 37 heavy (non-hydrogen) atoms. The number of alkyl halides is 3. The van der Waals surface area contributed by atoms with Gasteiger partial charge in [0.15, 0.2) is 0 Å². The molecule has 192 valence electrons. The Hall–Kier alpha value is -4.48. The van der Waals surface area contributed by atoms with Gasteiger partial charge in [0.05, 0.1) is 39.8 Å². The van der Waals surface area contributed by atoms with Crippen molar-refractivity contribution in [2.24, 2.45) is 22.9 Å². The first-order valence-electron chi connectivity index (χ1n) is 10.2. The highest BCUT2D eigenvalue weighted by Gasteiger charge is 2.32. The van der Waals surface area contributed by atoms with Crippen molar-refractivity contribution in [3.05, 3.63) is 103 Å². The van der Waals surface area contributed by atoms with Crippen LogP contribution in [0.25, 0.3) is 5.69 Å². The van der Waals surface area contributed by atoms with Crippen molar-refractivity contribution < 1.29 is 21.6 Å². The molecular weight excluding hydrogens is 513 g/mol. The van der Waals surface area contributed by atoms with Crippen molar-refractivity contribution in [3.63, 3.8) is 0 Å². The van der Waals surface area contributed by atoms with Crippen LogP contribution in [0.3, 0.4) is 0 Å². The van der Waals surface area contributed by atoms with Crippen LogP contribution in [0.4, 0.5) is 18.9 Å². The van der Waals surface area contributed by atoms with Crippen LogP contribution in [0.2, 0.25) is 0 Å². The van der Waals surface area contributed by atoms with Gasteiger partial charge in [0.25, 0.3) is 5.56 Å². The lowest BCUT2D eigenvalue weighted by Crippen LogP contribution is -2.43. The summed E-state index contributed by atoms with van der Waals surface area (Å²) in [4.78, 5) is 29.7. The number of nitrogens with two attached hydrogens (primary N) is 2. The Morgan fingerprint density at radius 2 is 1.76 bits per heavy atom. The molecule has 3 aromatic rings. The van der Waals surface area contributed by atoms with Gasteiger partial charge in [-0.05, 0) is 49.4 Å². The second kappa shape index (κ2) is 9.88. The molecule has 14 heteroatoms. The number of hydrogen-bond acceptors (Lipinski definition) is 7. The summed E-state index contributed by atoms with van der Waals surface area (Å²) in [6.07, 6.45) is -4.11. The topological polar surface area (TPSA) is 166 Å². The van der Waals surface area contributed by atoms with Crippen LogP contribution in [0.1, 0.15) is 22.4 Å². The van der Waals surface area contributed by atoms with E-state index in [-0.39, 0.29) is 22.6 Å². The molecule has 10 nitrogen and oxygen atoms in total. The number of rotatable bonds is 5. The molecule has 0 spiro atoms. The zero-order valence-corrected chi connectivity index (χ0v) is 20.1. The smallest absolute Gasteiger partial charge is 0.403 e. The average Bonchev–Trinajstić information content (AvgIpc) is 2.82. The number of sulfonamides is 1. The van der Waals surface area contributed by atoms with Crippen molar-refractivity contribution in [1.29, 1.82) is 5.26 Å². The number of aromatic nitrogens is 2. The second-order valence-electron chi connectivity index (χ2n) is 7.69. The van der Waals surface area contributed by atoms with E-state index in [0.29, 0.717) is 16.8 Å². The van der Waals surface area contributed by atoms with Gasteiger partial charge in [-0.2, -0.15) is 18.4 Å². The number of aliphatic imine (C=N–C) groups is 1. The van der Waals surface area contributed by atoms with Crippen LogP contribution in [0, 0.1) is 18.3 Å². The maximum absolute atomic E-state index is 13.3. The van der Waals surface area contributed by atoms with E-state index in [2.05, 4.69) is 4.99 Å². The summed E-state index contributed by atoms with van der Waals surface area (Å²) in [7, 11) is -3.52. The van der Waals surface area contributed by atoms with Crippen LogP contribution >= 0.6 is 0 Å². The predicted molar refractivity (Wildman–Crippen MR) is 130 cm³/mol. The van der Waals surface area contributed by atoms with E-state index in [0.717, 1.165) is 23.7 Å². The maximum Gasteiger partial charge on any atom is 0.416 e. The van der Waals surface area contributed by atoms with Crippen LogP contribution < -0.4 is 22.1 Å². The Labute approximate surface area is 208 Å². The molecule has 1 heterocycles. The Bertz CT molecular complexity index is 1710. The minimum absolute atomic E-state index is 0.0928. The number of nitrogens with zero attached hydrogens (tertiary/aromatic N) is 4. The van der Waals surface area contributed by atoms with Crippen molar-refractivity contribution in [2.75, 3.05) is 0 Å². The van der Waals surface area contributed by atoms with E-state index in [9.17, 15) is 31.2 Å². The van der Waals surface area contributed by atoms with Crippen LogP contribution in [0.15, 0.2) is 74.2 Å². The third kappa shape index (κ3) is 5.37. The van der Waals surface area contributed by atoms with Gasteiger partial charge in [0.2, 0.25) is 10.0 Å². The Morgan fingerprint density at radius 3 is 2.27 bits per heavy atom. The Morgan fingerprint density at radius 1 is 1.14 bits per heavy atom. The Kier molecular flexibility index (Phi) is 7.24. The molecule has 0 atom stereocenters. The lowest BCUT2D eigenvalue weighted by Gasteiger charge is -2.18. The highest BCUT2D eigenvalue weighted by molar-refractivity contribution is 7.94. The summed E-state index contributed by atoms with van der Waals surface area (Å²) in [6, 6.07) is 11.2. The molecule has 3 rings (SSSR count). The first-order valence-corrected chi connectivity index (χ1v) is 11.8. The lowest BCUT2D eigenvalue weighted by atomic mass is 10.1. The molecule has 0 aliphatic rings. The molecule has 0 aliphatic carbocycles. The number of primary sulfonamides is 1. The molecular formula is C23H19F3N6O4S. The van der Waals surface area contributed by atoms with E-state index in [1.54, 1.807) is 0 Å². The molecule has 0 bridgehead atoms.